The summed E-state index contributed by atoms with van der Waals surface area (Å²) in [6.45, 7) is 21.1. The van der Waals surface area contributed by atoms with Crippen molar-refractivity contribution in [1.82, 2.24) is 0 Å². The van der Waals surface area contributed by atoms with Crippen molar-refractivity contribution in [3.8, 4) is 0 Å². The maximum atomic E-state index is 13.9. The molecule has 0 aliphatic heterocycles. The quantitative estimate of drug-likeness (QED) is 0.389. The average Bonchev–Trinajstić information content (AvgIpc) is 2.95. The Kier molecular flexibility index (Phi) is 6.52. The SMILES string of the molecule is C[C@H](O[Si](C)(C)C)[C@H]1CC[C@H]2[C@@H]3CC[C@@H]4C[C@H](O[Si](C)(C)C)CC[C@]4(C)[C@H]3C(=O)C[C@]12C. The van der Waals surface area contributed by atoms with Crippen LogP contribution < -0.4 is 0 Å². The predicted octanol–water partition coefficient (Wildman–Crippen LogP) is 7.28. The number of hydrogen-bond acceptors (Lipinski definition) is 3. The summed E-state index contributed by atoms with van der Waals surface area (Å²) in [5, 5.41) is 0. The molecule has 3 nitrogen and oxygen atoms in total. The van der Waals surface area contributed by atoms with Crippen LogP contribution in [0.25, 0.3) is 0 Å². The molecule has 184 valence electrons. The molecule has 0 radical (unpaired) electrons. The minimum atomic E-state index is -1.58. The van der Waals surface area contributed by atoms with E-state index in [1.165, 1.54) is 38.5 Å². The zero-order valence-electron chi connectivity index (χ0n) is 22.4. The fourth-order valence-corrected chi connectivity index (χ4v) is 11.6. The van der Waals surface area contributed by atoms with E-state index >= 15 is 0 Å². The van der Waals surface area contributed by atoms with Crippen LogP contribution in [-0.4, -0.2) is 34.6 Å². The molecular formula is C27H50O3Si2. The van der Waals surface area contributed by atoms with Crippen molar-refractivity contribution >= 4 is 22.4 Å². The Labute approximate surface area is 200 Å². The van der Waals surface area contributed by atoms with Crippen LogP contribution in [0.1, 0.15) is 72.1 Å². The van der Waals surface area contributed by atoms with E-state index in [1.54, 1.807) is 0 Å². The maximum Gasteiger partial charge on any atom is 0.184 e. The van der Waals surface area contributed by atoms with E-state index in [2.05, 4.69) is 60.1 Å². The largest absolute Gasteiger partial charge is 0.415 e. The molecule has 4 fully saturated rings. The smallest absolute Gasteiger partial charge is 0.184 e. The summed E-state index contributed by atoms with van der Waals surface area (Å²) in [7, 11) is -3.09. The molecule has 0 N–H and O–H groups in total. The van der Waals surface area contributed by atoms with E-state index in [9.17, 15) is 4.79 Å². The van der Waals surface area contributed by atoms with Gasteiger partial charge in [-0.05, 0) is 126 Å². The van der Waals surface area contributed by atoms with Crippen molar-refractivity contribution in [2.24, 2.45) is 40.4 Å². The first-order chi connectivity index (χ1) is 14.6. The van der Waals surface area contributed by atoms with Gasteiger partial charge in [0.05, 0.1) is 0 Å². The lowest BCUT2D eigenvalue weighted by molar-refractivity contribution is -0.162. The molecule has 4 aliphatic rings. The lowest BCUT2D eigenvalue weighted by Crippen LogP contribution is -2.58. The molecule has 4 rings (SSSR count). The first-order valence-electron chi connectivity index (χ1n) is 13.5. The average molecular weight is 479 g/mol. The molecular weight excluding hydrogens is 428 g/mol. The monoisotopic (exact) mass is 478 g/mol. The number of carbonyl (C=O) groups excluding carboxylic acids is 1. The lowest BCUT2D eigenvalue weighted by Gasteiger charge is -2.60. The minimum Gasteiger partial charge on any atom is -0.415 e. The predicted molar refractivity (Wildman–Crippen MR) is 138 cm³/mol. The number of carbonyl (C=O) groups is 1. The van der Waals surface area contributed by atoms with Gasteiger partial charge >= 0.3 is 0 Å². The summed E-state index contributed by atoms with van der Waals surface area (Å²) in [4.78, 5) is 13.9. The number of hydrogen-bond donors (Lipinski definition) is 0. The van der Waals surface area contributed by atoms with Crippen LogP contribution in [0.5, 0.6) is 0 Å². The second-order valence-electron chi connectivity index (χ2n) is 14.4. The van der Waals surface area contributed by atoms with Gasteiger partial charge in [-0.3, -0.25) is 4.79 Å². The van der Waals surface area contributed by atoms with Gasteiger partial charge in [0, 0.05) is 24.5 Å². The van der Waals surface area contributed by atoms with Crippen LogP contribution in [0.4, 0.5) is 0 Å². The molecule has 5 heteroatoms. The van der Waals surface area contributed by atoms with Gasteiger partial charge in [-0.1, -0.05) is 13.8 Å². The van der Waals surface area contributed by atoms with Gasteiger partial charge in [0.25, 0.3) is 0 Å². The fraction of sp³-hybridized carbons (Fsp3) is 0.963. The zero-order valence-corrected chi connectivity index (χ0v) is 24.4. The summed E-state index contributed by atoms with van der Waals surface area (Å²) < 4.78 is 13.1. The molecule has 0 aromatic heterocycles. The highest BCUT2D eigenvalue weighted by Gasteiger charge is 2.64. The van der Waals surface area contributed by atoms with E-state index in [-0.39, 0.29) is 16.9 Å². The summed E-state index contributed by atoms with van der Waals surface area (Å²) in [6.07, 6.45) is 10.1. The fourth-order valence-electron chi connectivity index (χ4n) is 9.09. The van der Waals surface area contributed by atoms with Crippen molar-refractivity contribution in [1.29, 1.82) is 0 Å². The Morgan fingerprint density at radius 3 is 2.22 bits per heavy atom. The van der Waals surface area contributed by atoms with E-state index in [0.29, 0.717) is 41.5 Å². The summed E-state index contributed by atoms with van der Waals surface area (Å²) >= 11 is 0. The Morgan fingerprint density at radius 1 is 0.906 bits per heavy atom. The highest BCUT2D eigenvalue weighted by atomic mass is 28.4. The van der Waals surface area contributed by atoms with Crippen LogP contribution in [0.3, 0.4) is 0 Å². The van der Waals surface area contributed by atoms with Gasteiger partial charge in [-0.2, -0.15) is 0 Å². The second kappa shape index (κ2) is 8.31. The molecule has 0 bridgehead atoms. The van der Waals surface area contributed by atoms with E-state index in [0.717, 1.165) is 12.8 Å². The normalized spacial score (nSPS) is 45.7. The van der Waals surface area contributed by atoms with Crippen molar-refractivity contribution < 1.29 is 13.6 Å². The molecule has 0 amide bonds. The highest BCUT2D eigenvalue weighted by molar-refractivity contribution is 6.70. The van der Waals surface area contributed by atoms with Crippen molar-refractivity contribution in [3.05, 3.63) is 0 Å². The molecule has 0 aromatic rings. The van der Waals surface area contributed by atoms with Crippen LogP contribution in [0.2, 0.25) is 39.3 Å². The summed E-state index contributed by atoms with van der Waals surface area (Å²) in [5.74, 6) is 3.39. The third kappa shape index (κ3) is 4.49. The minimum absolute atomic E-state index is 0.138. The van der Waals surface area contributed by atoms with E-state index < -0.39 is 16.6 Å². The van der Waals surface area contributed by atoms with Crippen molar-refractivity contribution in [2.45, 2.75) is 124 Å². The second-order valence-corrected chi connectivity index (χ2v) is 23.3. The Balaban J connectivity index is 1.53. The van der Waals surface area contributed by atoms with Gasteiger partial charge in [0.2, 0.25) is 0 Å². The highest BCUT2D eigenvalue weighted by Crippen LogP contribution is 2.67. The molecule has 9 atom stereocenters. The topological polar surface area (TPSA) is 35.5 Å². The third-order valence-electron chi connectivity index (χ3n) is 10.0. The van der Waals surface area contributed by atoms with Crippen LogP contribution >= 0.6 is 0 Å². The van der Waals surface area contributed by atoms with Crippen molar-refractivity contribution in [3.63, 3.8) is 0 Å². The molecule has 32 heavy (non-hydrogen) atoms. The van der Waals surface area contributed by atoms with Crippen LogP contribution in [0.15, 0.2) is 0 Å². The molecule has 4 aliphatic carbocycles. The maximum absolute atomic E-state index is 13.9. The van der Waals surface area contributed by atoms with Gasteiger partial charge in [0.1, 0.15) is 5.78 Å². The lowest BCUT2D eigenvalue weighted by atomic mass is 9.44. The first kappa shape index (κ1) is 25.1. The van der Waals surface area contributed by atoms with Gasteiger partial charge in [-0.25, -0.2) is 0 Å². The molecule has 0 spiro atoms. The number of Topliss-reactive ketones (excluding diaryl/α,β-unsaturated/α-hetero) is 1. The first-order valence-corrected chi connectivity index (χ1v) is 20.3. The van der Waals surface area contributed by atoms with Gasteiger partial charge in [0.15, 0.2) is 16.6 Å². The summed E-state index contributed by atoms with van der Waals surface area (Å²) in [6, 6.07) is 0. The molecule has 4 saturated carbocycles. The van der Waals surface area contributed by atoms with Gasteiger partial charge in [-0.15, -0.1) is 0 Å². The summed E-state index contributed by atoms with van der Waals surface area (Å²) in [5.41, 5.74) is 0.331. The van der Waals surface area contributed by atoms with Crippen LogP contribution in [0, 0.1) is 40.4 Å². The van der Waals surface area contributed by atoms with E-state index in [1.807, 2.05) is 0 Å². The zero-order chi connectivity index (χ0) is 23.7. The Morgan fingerprint density at radius 2 is 1.59 bits per heavy atom. The van der Waals surface area contributed by atoms with Crippen LogP contribution in [-0.2, 0) is 13.6 Å². The number of fused-ring (bicyclic) bond motifs is 5. The Bertz CT molecular complexity index is 725. The number of rotatable bonds is 5. The third-order valence-corrected chi connectivity index (χ3v) is 12.1. The van der Waals surface area contributed by atoms with E-state index in [4.69, 9.17) is 8.85 Å². The molecule has 0 saturated heterocycles. The number of ketones is 1. The van der Waals surface area contributed by atoms with Crippen molar-refractivity contribution in [2.75, 3.05) is 0 Å². The van der Waals surface area contributed by atoms with Gasteiger partial charge < -0.3 is 8.85 Å². The molecule has 0 aromatic carbocycles. The standard InChI is InChI=1S/C27H50O3Si2/c1-18(29-31(4,5)6)22-12-13-23-21-11-10-19-16-20(30-32(7,8)9)14-15-26(19,2)25(21)24(28)17-27(22,23)3/h18-23,25H,10-17H2,1-9H3/t18-,19+,20+,21-,22+,23-,25+,26-,27+/m0/s1. The Hall–Kier alpha value is 0.0238. The molecule has 0 heterocycles. The molecule has 0 unspecified atom stereocenters.